The number of hydrogen-bond donors (Lipinski definition) is 1. The molecule has 0 bridgehead atoms. The first-order valence-electron chi connectivity index (χ1n) is 6.57. The van der Waals surface area contributed by atoms with E-state index in [1.807, 2.05) is 50.2 Å². The minimum absolute atomic E-state index is 0.213. The van der Waals surface area contributed by atoms with Gasteiger partial charge >= 0.3 is 0 Å². The lowest BCUT2D eigenvalue weighted by Crippen LogP contribution is -2.12. The number of fused-ring (bicyclic) bond motifs is 1. The maximum Gasteiger partial charge on any atom is 0.106 e. The molecule has 0 saturated heterocycles. The highest BCUT2D eigenvalue weighted by molar-refractivity contribution is 6.35. The zero-order valence-corrected chi connectivity index (χ0v) is 12.2. The summed E-state index contributed by atoms with van der Waals surface area (Å²) < 4.78 is 5.59. The number of hydrogen-bond acceptors (Lipinski definition) is 2. The smallest absolute Gasteiger partial charge is 0.106 e. The summed E-state index contributed by atoms with van der Waals surface area (Å²) in [5, 5.41) is 2.86. The van der Waals surface area contributed by atoms with E-state index in [0.717, 1.165) is 38.4 Å². The van der Waals surface area contributed by atoms with Crippen molar-refractivity contribution < 1.29 is 4.42 Å². The first kappa shape index (κ1) is 13.2. The van der Waals surface area contributed by atoms with Gasteiger partial charge in [0.2, 0.25) is 0 Å². The van der Waals surface area contributed by atoms with Crippen molar-refractivity contribution in [3.63, 3.8) is 0 Å². The molecule has 0 radical (unpaired) electrons. The minimum atomic E-state index is -0.213. The molecule has 0 saturated carbocycles. The average molecular weight is 286 g/mol. The molecule has 1 heterocycles. The Labute approximate surface area is 123 Å². The van der Waals surface area contributed by atoms with E-state index in [-0.39, 0.29) is 6.04 Å². The fraction of sp³-hybridized carbons (Fsp3) is 0.176. The van der Waals surface area contributed by atoms with Crippen molar-refractivity contribution in [2.75, 3.05) is 0 Å². The average Bonchev–Trinajstić information content (AvgIpc) is 2.78. The summed E-state index contributed by atoms with van der Waals surface area (Å²) in [6, 6.07) is 13.7. The molecule has 20 heavy (non-hydrogen) atoms. The van der Waals surface area contributed by atoms with Crippen LogP contribution in [-0.2, 0) is 0 Å². The van der Waals surface area contributed by atoms with Gasteiger partial charge in [-0.05, 0) is 36.9 Å². The van der Waals surface area contributed by atoms with Crippen molar-refractivity contribution in [2.24, 2.45) is 5.73 Å². The van der Waals surface area contributed by atoms with Crippen LogP contribution in [-0.4, -0.2) is 0 Å². The second-order valence-electron chi connectivity index (χ2n) is 5.03. The molecule has 1 unspecified atom stereocenters. The molecule has 2 nitrogen and oxygen atoms in total. The van der Waals surface area contributed by atoms with Crippen LogP contribution >= 0.6 is 11.6 Å². The van der Waals surface area contributed by atoms with Gasteiger partial charge in [0, 0.05) is 16.0 Å². The molecule has 0 aliphatic heterocycles. The van der Waals surface area contributed by atoms with Crippen molar-refractivity contribution in [3.8, 4) is 0 Å². The van der Waals surface area contributed by atoms with Gasteiger partial charge in [0.15, 0.2) is 0 Å². The Morgan fingerprint density at radius 2 is 1.70 bits per heavy atom. The highest BCUT2D eigenvalue weighted by Crippen LogP contribution is 2.33. The quantitative estimate of drug-likeness (QED) is 0.738. The maximum atomic E-state index is 6.44. The molecule has 1 aromatic heterocycles. The van der Waals surface area contributed by atoms with Gasteiger partial charge in [-0.2, -0.15) is 0 Å². The van der Waals surface area contributed by atoms with Gasteiger partial charge in [0.25, 0.3) is 0 Å². The number of halogens is 1. The normalized spacial score (nSPS) is 12.8. The van der Waals surface area contributed by atoms with Crippen LogP contribution in [0, 0.1) is 13.8 Å². The Balaban J connectivity index is 2.20. The largest absolute Gasteiger partial charge is 0.466 e. The van der Waals surface area contributed by atoms with Gasteiger partial charge < -0.3 is 10.2 Å². The molecule has 0 amide bonds. The summed E-state index contributed by atoms with van der Waals surface area (Å²) >= 11 is 6.26. The zero-order valence-electron chi connectivity index (χ0n) is 11.5. The highest BCUT2D eigenvalue weighted by atomic mass is 35.5. The Morgan fingerprint density at radius 3 is 2.35 bits per heavy atom. The van der Waals surface area contributed by atoms with E-state index in [0.29, 0.717) is 0 Å². The van der Waals surface area contributed by atoms with E-state index in [2.05, 4.69) is 6.07 Å². The monoisotopic (exact) mass is 285 g/mol. The van der Waals surface area contributed by atoms with Gasteiger partial charge in [0.05, 0.1) is 6.04 Å². The summed E-state index contributed by atoms with van der Waals surface area (Å²) in [5.74, 6) is 1.75. The second-order valence-corrected chi connectivity index (χ2v) is 5.44. The lowest BCUT2D eigenvalue weighted by molar-refractivity contribution is 0.500. The number of nitrogens with two attached hydrogens (primary N) is 1. The Bertz CT molecular complexity index is 776. The summed E-state index contributed by atoms with van der Waals surface area (Å²) in [6.07, 6.45) is 0. The lowest BCUT2D eigenvalue weighted by Gasteiger charge is -2.15. The molecule has 0 spiro atoms. The van der Waals surface area contributed by atoms with Crippen molar-refractivity contribution in [2.45, 2.75) is 19.9 Å². The van der Waals surface area contributed by atoms with Gasteiger partial charge in [-0.15, -0.1) is 0 Å². The third-order valence-electron chi connectivity index (χ3n) is 3.65. The zero-order chi connectivity index (χ0) is 14.3. The predicted molar refractivity (Wildman–Crippen MR) is 83.2 cm³/mol. The Hall–Kier alpha value is -1.77. The molecule has 0 aliphatic rings. The third-order valence-corrected chi connectivity index (χ3v) is 3.98. The first-order valence-corrected chi connectivity index (χ1v) is 6.95. The molecular weight excluding hydrogens is 270 g/mol. The Morgan fingerprint density at radius 1 is 1.00 bits per heavy atom. The molecule has 3 rings (SSSR count). The topological polar surface area (TPSA) is 39.2 Å². The van der Waals surface area contributed by atoms with Crippen molar-refractivity contribution in [3.05, 3.63) is 70.1 Å². The summed E-state index contributed by atoms with van der Waals surface area (Å²) in [4.78, 5) is 0. The number of furan rings is 1. The van der Waals surface area contributed by atoms with E-state index in [4.69, 9.17) is 21.8 Å². The molecular formula is C17H16ClNO. The van der Waals surface area contributed by atoms with Crippen LogP contribution in [0.5, 0.6) is 0 Å². The van der Waals surface area contributed by atoms with E-state index >= 15 is 0 Å². The Kier molecular flexibility index (Phi) is 3.28. The van der Waals surface area contributed by atoms with Gasteiger partial charge in [-0.3, -0.25) is 0 Å². The molecule has 102 valence electrons. The minimum Gasteiger partial charge on any atom is -0.466 e. The molecule has 2 N–H and O–H groups in total. The van der Waals surface area contributed by atoms with E-state index in [9.17, 15) is 0 Å². The van der Waals surface area contributed by atoms with Crippen LogP contribution in [0.4, 0.5) is 0 Å². The molecule has 0 aliphatic carbocycles. The van der Waals surface area contributed by atoms with Crippen LogP contribution in [0.25, 0.3) is 10.8 Å². The van der Waals surface area contributed by atoms with E-state index < -0.39 is 0 Å². The third kappa shape index (κ3) is 2.11. The first-order chi connectivity index (χ1) is 9.58. The summed E-state index contributed by atoms with van der Waals surface area (Å²) in [5.41, 5.74) is 8.53. The fourth-order valence-corrected chi connectivity index (χ4v) is 2.91. The molecule has 2 aromatic carbocycles. The molecule has 0 fully saturated rings. The van der Waals surface area contributed by atoms with Crippen LogP contribution in [0.15, 0.2) is 46.9 Å². The fourth-order valence-electron chi connectivity index (χ4n) is 2.68. The second kappa shape index (κ2) is 4.97. The lowest BCUT2D eigenvalue weighted by atomic mass is 9.94. The predicted octanol–water partition coefficient (Wildman–Crippen LogP) is 4.75. The molecule has 3 aromatic rings. The SMILES string of the molecule is Cc1cc(C(N)c2ccc(Cl)c3ccccc23)c(C)o1. The maximum absolute atomic E-state index is 6.44. The standard InChI is InChI=1S/C17H16ClNO/c1-10-9-15(11(2)20-10)17(19)14-7-8-16(18)13-6-4-3-5-12(13)14/h3-9,17H,19H2,1-2H3. The number of benzene rings is 2. The van der Waals surface area contributed by atoms with E-state index in [1.54, 1.807) is 0 Å². The molecule has 1 atom stereocenters. The van der Waals surface area contributed by atoms with Crippen LogP contribution in [0.3, 0.4) is 0 Å². The van der Waals surface area contributed by atoms with Gasteiger partial charge in [-0.25, -0.2) is 0 Å². The van der Waals surface area contributed by atoms with Crippen LogP contribution in [0.2, 0.25) is 5.02 Å². The summed E-state index contributed by atoms with van der Waals surface area (Å²) in [7, 11) is 0. The highest BCUT2D eigenvalue weighted by Gasteiger charge is 2.17. The van der Waals surface area contributed by atoms with Crippen LogP contribution < -0.4 is 5.73 Å². The van der Waals surface area contributed by atoms with Gasteiger partial charge in [0.1, 0.15) is 11.5 Å². The number of aryl methyl sites for hydroxylation is 2. The van der Waals surface area contributed by atoms with Crippen molar-refractivity contribution in [1.82, 2.24) is 0 Å². The molecule has 3 heteroatoms. The van der Waals surface area contributed by atoms with Crippen molar-refractivity contribution >= 4 is 22.4 Å². The van der Waals surface area contributed by atoms with E-state index in [1.165, 1.54) is 0 Å². The summed E-state index contributed by atoms with van der Waals surface area (Å²) in [6.45, 7) is 3.88. The van der Waals surface area contributed by atoms with Crippen molar-refractivity contribution in [1.29, 1.82) is 0 Å². The number of rotatable bonds is 2. The van der Waals surface area contributed by atoms with Crippen LogP contribution in [0.1, 0.15) is 28.7 Å². The van der Waals surface area contributed by atoms with Gasteiger partial charge in [-0.1, -0.05) is 41.9 Å².